The molecule has 7 heteroatoms. The maximum absolute atomic E-state index is 12.8. The molecule has 2 aromatic rings. The van der Waals surface area contributed by atoms with Crippen LogP contribution in [0.1, 0.15) is 49.8 Å². The predicted octanol–water partition coefficient (Wildman–Crippen LogP) is 3.54. The number of carbonyl (C=O) groups is 1. The number of benzene rings is 1. The van der Waals surface area contributed by atoms with E-state index in [1.165, 1.54) is 24.8 Å². The Kier molecular flexibility index (Phi) is 7.45. The summed E-state index contributed by atoms with van der Waals surface area (Å²) >= 11 is 0. The topological polar surface area (TPSA) is 82.8 Å². The number of guanidine groups is 1. The standard InChI is InChI=1S/C25H35N5O2/c1-18-8-10-19(11-9-18)23-28-22(17-32-23)12-14-27-25(26-2)29-21-13-15-30(16-21)24(31)20-6-4-3-5-7-20/h8-11,17,20-21H,3-7,12-16H2,1-2H3,(H2,26,27,29). The van der Waals surface area contributed by atoms with E-state index in [2.05, 4.69) is 39.7 Å². The van der Waals surface area contributed by atoms with Crippen LogP contribution in [0.2, 0.25) is 0 Å². The van der Waals surface area contributed by atoms with Gasteiger partial charge in [-0.3, -0.25) is 9.79 Å². The van der Waals surface area contributed by atoms with Crippen molar-refractivity contribution in [2.24, 2.45) is 10.9 Å². The van der Waals surface area contributed by atoms with Gasteiger partial charge >= 0.3 is 0 Å². The monoisotopic (exact) mass is 437 g/mol. The first-order valence-corrected chi connectivity index (χ1v) is 11.9. The fourth-order valence-corrected chi connectivity index (χ4v) is 4.63. The van der Waals surface area contributed by atoms with Gasteiger partial charge in [-0.25, -0.2) is 4.98 Å². The number of hydrogen-bond donors (Lipinski definition) is 2. The Hall–Kier alpha value is -2.83. The average molecular weight is 438 g/mol. The number of amides is 1. The Morgan fingerprint density at radius 2 is 1.97 bits per heavy atom. The molecule has 1 atom stereocenters. The zero-order valence-corrected chi connectivity index (χ0v) is 19.3. The van der Waals surface area contributed by atoms with Crippen LogP contribution in [0.4, 0.5) is 0 Å². The van der Waals surface area contributed by atoms with Crippen molar-refractivity contribution in [3.8, 4) is 11.5 Å². The van der Waals surface area contributed by atoms with Crippen LogP contribution in [-0.4, -0.2) is 54.5 Å². The molecule has 1 aromatic heterocycles. The quantitative estimate of drug-likeness (QED) is 0.534. The number of hydrogen-bond acceptors (Lipinski definition) is 4. The summed E-state index contributed by atoms with van der Waals surface area (Å²) in [4.78, 5) is 23.8. The van der Waals surface area contributed by atoms with E-state index in [-0.39, 0.29) is 12.0 Å². The SMILES string of the molecule is CN=C(NCCc1coc(-c2ccc(C)cc2)n1)NC1CCN(C(=O)C2CCCCC2)C1. The van der Waals surface area contributed by atoms with Crippen LogP contribution < -0.4 is 10.6 Å². The molecule has 1 aromatic carbocycles. The zero-order chi connectivity index (χ0) is 22.3. The normalized spacial score (nSPS) is 19.9. The molecule has 1 saturated carbocycles. The molecule has 7 nitrogen and oxygen atoms in total. The molecule has 1 aliphatic heterocycles. The Bertz CT molecular complexity index is 915. The molecule has 1 aliphatic carbocycles. The second kappa shape index (κ2) is 10.7. The lowest BCUT2D eigenvalue weighted by atomic mass is 9.88. The lowest BCUT2D eigenvalue weighted by Gasteiger charge is -2.26. The summed E-state index contributed by atoms with van der Waals surface area (Å²) in [6.45, 7) is 4.37. The van der Waals surface area contributed by atoms with Gasteiger partial charge in [-0.05, 0) is 38.3 Å². The van der Waals surface area contributed by atoms with E-state index in [4.69, 9.17) is 4.42 Å². The summed E-state index contributed by atoms with van der Waals surface area (Å²) in [6, 6.07) is 8.42. The number of nitrogens with one attached hydrogen (secondary N) is 2. The third kappa shape index (κ3) is 5.69. The third-order valence-corrected chi connectivity index (χ3v) is 6.54. The van der Waals surface area contributed by atoms with Crippen LogP contribution in [-0.2, 0) is 11.2 Å². The second-order valence-corrected chi connectivity index (χ2v) is 9.01. The number of carbonyl (C=O) groups excluding carboxylic acids is 1. The lowest BCUT2D eigenvalue weighted by Crippen LogP contribution is -2.46. The molecular formula is C25H35N5O2. The number of nitrogens with zero attached hydrogens (tertiary/aromatic N) is 3. The highest BCUT2D eigenvalue weighted by atomic mass is 16.3. The van der Waals surface area contributed by atoms with Crippen molar-refractivity contribution in [1.82, 2.24) is 20.5 Å². The van der Waals surface area contributed by atoms with Crippen molar-refractivity contribution in [2.45, 2.75) is 57.9 Å². The molecule has 2 aliphatic rings. The van der Waals surface area contributed by atoms with Gasteiger partial charge in [-0.15, -0.1) is 0 Å². The second-order valence-electron chi connectivity index (χ2n) is 9.01. The molecule has 0 bridgehead atoms. The molecule has 172 valence electrons. The highest BCUT2D eigenvalue weighted by Crippen LogP contribution is 2.26. The molecule has 4 rings (SSSR count). The minimum atomic E-state index is 0.243. The van der Waals surface area contributed by atoms with Crippen LogP contribution in [0, 0.1) is 12.8 Å². The van der Waals surface area contributed by atoms with Crippen molar-refractivity contribution in [1.29, 1.82) is 0 Å². The first-order valence-electron chi connectivity index (χ1n) is 11.9. The van der Waals surface area contributed by atoms with Gasteiger partial charge in [-0.2, -0.15) is 0 Å². The van der Waals surface area contributed by atoms with E-state index in [0.717, 1.165) is 56.0 Å². The van der Waals surface area contributed by atoms with Gasteiger partial charge in [0.25, 0.3) is 0 Å². The van der Waals surface area contributed by atoms with Crippen molar-refractivity contribution < 1.29 is 9.21 Å². The predicted molar refractivity (Wildman–Crippen MR) is 126 cm³/mol. The maximum Gasteiger partial charge on any atom is 0.226 e. The number of likely N-dealkylation sites (tertiary alicyclic amines) is 1. The van der Waals surface area contributed by atoms with Gasteiger partial charge in [-0.1, -0.05) is 37.0 Å². The van der Waals surface area contributed by atoms with Crippen LogP contribution in [0.5, 0.6) is 0 Å². The highest BCUT2D eigenvalue weighted by Gasteiger charge is 2.31. The van der Waals surface area contributed by atoms with Gasteiger partial charge in [0.1, 0.15) is 6.26 Å². The fraction of sp³-hybridized carbons (Fsp3) is 0.560. The summed E-state index contributed by atoms with van der Waals surface area (Å²) in [5, 5.41) is 6.84. The Morgan fingerprint density at radius 1 is 1.19 bits per heavy atom. The van der Waals surface area contributed by atoms with E-state index in [1.54, 1.807) is 13.3 Å². The summed E-state index contributed by atoms with van der Waals surface area (Å²) in [5.41, 5.74) is 3.11. The smallest absolute Gasteiger partial charge is 0.226 e. The number of aliphatic imine (C=N–C) groups is 1. The van der Waals surface area contributed by atoms with Crippen molar-refractivity contribution in [2.75, 3.05) is 26.7 Å². The number of oxazole rings is 1. The number of rotatable bonds is 6. The first kappa shape index (κ1) is 22.4. The average Bonchev–Trinajstić information content (AvgIpc) is 3.49. The largest absolute Gasteiger partial charge is 0.444 e. The number of aryl methyl sites for hydroxylation is 1. The molecule has 32 heavy (non-hydrogen) atoms. The molecular weight excluding hydrogens is 402 g/mol. The van der Waals surface area contributed by atoms with Crippen LogP contribution in [0.25, 0.3) is 11.5 Å². The van der Waals surface area contributed by atoms with Crippen molar-refractivity contribution in [3.05, 3.63) is 41.8 Å². The lowest BCUT2D eigenvalue weighted by molar-refractivity contribution is -0.135. The number of aromatic nitrogens is 1. The van der Waals surface area contributed by atoms with Crippen molar-refractivity contribution in [3.63, 3.8) is 0 Å². The van der Waals surface area contributed by atoms with Gasteiger partial charge in [0.05, 0.1) is 5.69 Å². The van der Waals surface area contributed by atoms with E-state index in [1.807, 2.05) is 17.0 Å². The molecule has 0 radical (unpaired) electrons. The van der Waals surface area contributed by atoms with E-state index in [0.29, 0.717) is 18.3 Å². The Labute approximate surface area is 190 Å². The Balaban J connectivity index is 1.21. The summed E-state index contributed by atoms with van der Waals surface area (Å²) in [6.07, 6.45) is 9.21. The van der Waals surface area contributed by atoms with Gasteiger partial charge in [0, 0.05) is 50.6 Å². The van der Waals surface area contributed by atoms with E-state index in [9.17, 15) is 4.79 Å². The van der Waals surface area contributed by atoms with Gasteiger partial charge in [0.2, 0.25) is 11.8 Å². The summed E-state index contributed by atoms with van der Waals surface area (Å²) < 4.78 is 5.64. The highest BCUT2D eigenvalue weighted by molar-refractivity contribution is 5.81. The molecule has 0 spiro atoms. The van der Waals surface area contributed by atoms with Crippen LogP contribution in [0.3, 0.4) is 0 Å². The summed E-state index contributed by atoms with van der Waals surface area (Å²) in [7, 11) is 1.78. The van der Waals surface area contributed by atoms with E-state index >= 15 is 0 Å². The van der Waals surface area contributed by atoms with Crippen LogP contribution in [0.15, 0.2) is 39.9 Å². The third-order valence-electron chi connectivity index (χ3n) is 6.54. The Morgan fingerprint density at radius 3 is 2.72 bits per heavy atom. The van der Waals surface area contributed by atoms with Crippen LogP contribution >= 0.6 is 0 Å². The molecule has 1 saturated heterocycles. The molecule has 1 unspecified atom stereocenters. The molecule has 2 N–H and O–H groups in total. The summed E-state index contributed by atoms with van der Waals surface area (Å²) in [5.74, 6) is 2.01. The fourth-order valence-electron chi connectivity index (χ4n) is 4.63. The first-order chi connectivity index (χ1) is 15.6. The van der Waals surface area contributed by atoms with E-state index < -0.39 is 0 Å². The molecule has 2 heterocycles. The maximum atomic E-state index is 12.8. The van der Waals surface area contributed by atoms with Crippen molar-refractivity contribution >= 4 is 11.9 Å². The minimum absolute atomic E-state index is 0.243. The molecule has 2 fully saturated rings. The van der Waals surface area contributed by atoms with Gasteiger partial charge < -0.3 is 20.0 Å². The molecule has 1 amide bonds. The minimum Gasteiger partial charge on any atom is -0.444 e. The zero-order valence-electron chi connectivity index (χ0n) is 19.3. The van der Waals surface area contributed by atoms with Gasteiger partial charge in [0.15, 0.2) is 5.96 Å².